The van der Waals surface area contributed by atoms with Crippen LogP contribution in [0.2, 0.25) is 0 Å². The van der Waals surface area contributed by atoms with Crippen LogP contribution >= 0.6 is 23.1 Å². The van der Waals surface area contributed by atoms with E-state index in [0.717, 1.165) is 29.2 Å². The lowest BCUT2D eigenvalue weighted by molar-refractivity contribution is 0.0951. The van der Waals surface area contributed by atoms with Crippen LogP contribution in [0.3, 0.4) is 0 Å². The molecule has 1 amide bonds. The maximum Gasteiger partial charge on any atom is 0.252 e. The number of thioether (sulfide) groups is 1. The van der Waals surface area contributed by atoms with Crippen molar-refractivity contribution in [1.82, 2.24) is 5.32 Å². The predicted octanol–water partition coefficient (Wildman–Crippen LogP) is 4.18. The van der Waals surface area contributed by atoms with Gasteiger partial charge < -0.3 is 5.32 Å². The molecule has 2 aromatic rings. The number of benzene rings is 1. The Balaban J connectivity index is 2.05. The fourth-order valence-electron chi connectivity index (χ4n) is 1.66. The molecule has 0 fully saturated rings. The van der Waals surface area contributed by atoms with Crippen LogP contribution in [0.5, 0.6) is 0 Å². The van der Waals surface area contributed by atoms with Crippen molar-refractivity contribution in [3.63, 3.8) is 0 Å². The normalized spacial score (nSPS) is 10.4. The van der Waals surface area contributed by atoms with Crippen LogP contribution in [-0.4, -0.2) is 12.5 Å². The number of amides is 1. The molecule has 0 atom stereocenters. The Morgan fingerprint density at radius 1 is 1.26 bits per heavy atom. The van der Waals surface area contributed by atoms with Gasteiger partial charge in [0, 0.05) is 22.1 Å². The summed E-state index contributed by atoms with van der Waals surface area (Å²) in [4.78, 5) is 14.4. The van der Waals surface area contributed by atoms with Crippen molar-refractivity contribution >= 4 is 29.0 Å². The molecule has 19 heavy (non-hydrogen) atoms. The maximum atomic E-state index is 12.1. The van der Waals surface area contributed by atoms with Crippen LogP contribution in [0.25, 0.3) is 0 Å². The van der Waals surface area contributed by atoms with E-state index in [1.165, 1.54) is 4.88 Å². The van der Waals surface area contributed by atoms with Crippen molar-refractivity contribution in [3.8, 4) is 0 Å². The summed E-state index contributed by atoms with van der Waals surface area (Å²) in [6.45, 7) is 2.78. The fraction of sp³-hybridized carbons (Fsp3) is 0.267. The molecule has 0 aliphatic carbocycles. The SMILES string of the molecule is CCCNC(=O)c1ccccc1SCc1cccs1. The molecule has 2 nitrogen and oxygen atoms in total. The van der Waals surface area contributed by atoms with Crippen LogP contribution in [0.1, 0.15) is 28.6 Å². The molecule has 4 heteroatoms. The molecule has 0 aliphatic heterocycles. The van der Waals surface area contributed by atoms with Gasteiger partial charge in [-0.3, -0.25) is 4.79 Å². The Morgan fingerprint density at radius 3 is 2.84 bits per heavy atom. The van der Waals surface area contributed by atoms with Crippen LogP contribution in [0.4, 0.5) is 0 Å². The highest BCUT2D eigenvalue weighted by molar-refractivity contribution is 7.98. The number of hydrogen-bond donors (Lipinski definition) is 1. The van der Waals surface area contributed by atoms with Gasteiger partial charge >= 0.3 is 0 Å². The number of hydrogen-bond acceptors (Lipinski definition) is 3. The van der Waals surface area contributed by atoms with Crippen molar-refractivity contribution in [2.24, 2.45) is 0 Å². The molecule has 0 saturated heterocycles. The molecule has 1 aromatic carbocycles. The van der Waals surface area contributed by atoms with Gasteiger partial charge in [0.15, 0.2) is 0 Å². The van der Waals surface area contributed by atoms with Gasteiger partial charge in [-0.2, -0.15) is 0 Å². The van der Waals surface area contributed by atoms with E-state index in [1.807, 2.05) is 24.3 Å². The van der Waals surface area contributed by atoms with Crippen molar-refractivity contribution in [2.75, 3.05) is 6.54 Å². The zero-order chi connectivity index (χ0) is 13.5. The Bertz CT molecular complexity index is 523. The highest BCUT2D eigenvalue weighted by atomic mass is 32.2. The number of carbonyl (C=O) groups is 1. The Morgan fingerprint density at radius 2 is 2.11 bits per heavy atom. The summed E-state index contributed by atoms with van der Waals surface area (Å²) in [6.07, 6.45) is 0.955. The lowest BCUT2D eigenvalue weighted by Crippen LogP contribution is -2.24. The van der Waals surface area contributed by atoms with Gasteiger partial charge in [-0.15, -0.1) is 23.1 Å². The molecule has 0 bridgehead atoms. The second-order valence-corrected chi connectivity index (χ2v) is 6.17. The largest absolute Gasteiger partial charge is 0.352 e. The van der Waals surface area contributed by atoms with Gasteiger partial charge in [-0.25, -0.2) is 0 Å². The highest BCUT2D eigenvalue weighted by Crippen LogP contribution is 2.27. The third-order valence-corrected chi connectivity index (χ3v) is 4.80. The van der Waals surface area contributed by atoms with E-state index >= 15 is 0 Å². The predicted molar refractivity (Wildman–Crippen MR) is 82.9 cm³/mol. The molecule has 0 aliphatic rings. The lowest BCUT2D eigenvalue weighted by atomic mass is 10.2. The lowest BCUT2D eigenvalue weighted by Gasteiger charge is -2.08. The molecular formula is C15H17NOS2. The van der Waals surface area contributed by atoms with E-state index in [2.05, 4.69) is 29.8 Å². The number of thiophene rings is 1. The second-order valence-electron chi connectivity index (χ2n) is 4.12. The molecular weight excluding hydrogens is 274 g/mol. The fourth-order valence-corrected chi connectivity index (χ4v) is 3.48. The molecule has 0 radical (unpaired) electrons. The summed E-state index contributed by atoms with van der Waals surface area (Å²) < 4.78 is 0. The zero-order valence-corrected chi connectivity index (χ0v) is 12.5. The third-order valence-electron chi connectivity index (χ3n) is 2.62. The Kier molecular flexibility index (Phi) is 5.48. The van der Waals surface area contributed by atoms with Gasteiger partial charge in [0.2, 0.25) is 0 Å². The molecule has 0 saturated carbocycles. The average Bonchev–Trinajstić information content (AvgIpc) is 2.96. The smallest absolute Gasteiger partial charge is 0.252 e. The summed E-state index contributed by atoms with van der Waals surface area (Å²) in [6, 6.07) is 12.0. The van der Waals surface area contributed by atoms with Gasteiger partial charge in [-0.1, -0.05) is 25.1 Å². The van der Waals surface area contributed by atoms with E-state index in [4.69, 9.17) is 0 Å². The van der Waals surface area contributed by atoms with Crippen LogP contribution in [-0.2, 0) is 5.75 Å². The zero-order valence-electron chi connectivity index (χ0n) is 10.9. The summed E-state index contributed by atoms with van der Waals surface area (Å²) in [5.74, 6) is 0.937. The first-order chi connectivity index (χ1) is 9.31. The van der Waals surface area contributed by atoms with Crippen molar-refractivity contribution in [3.05, 3.63) is 52.2 Å². The molecule has 0 spiro atoms. The van der Waals surface area contributed by atoms with Crippen LogP contribution in [0.15, 0.2) is 46.7 Å². The van der Waals surface area contributed by atoms with E-state index in [-0.39, 0.29) is 5.91 Å². The molecule has 1 heterocycles. The topological polar surface area (TPSA) is 29.1 Å². The number of nitrogens with one attached hydrogen (secondary N) is 1. The average molecular weight is 291 g/mol. The maximum absolute atomic E-state index is 12.1. The van der Waals surface area contributed by atoms with E-state index < -0.39 is 0 Å². The van der Waals surface area contributed by atoms with Crippen molar-refractivity contribution in [2.45, 2.75) is 24.0 Å². The highest BCUT2D eigenvalue weighted by Gasteiger charge is 2.10. The van der Waals surface area contributed by atoms with E-state index in [1.54, 1.807) is 23.1 Å². The molecule has 1 N–H and O–H groups in total. The van der Waals surface area contributed by atoms with Gasteiger partial charge in [-0.05, 0) is 30.0 Å². The number of carbonyl (C=O) groups excluding carboxylic acids is 1. The molecule has 1 aromatic heterocycles. The molecule has 2 rings (SSSR count). The Labute approximate surface area is 122 Å². The minimum absolute atomic E-state index is 0.0242. The van der Waals surface area contributed by atoms with E-state index in [9.17, 15) is 4.79 Å². The minimum Gasteiger partial charge on any atom is -0.352 e. The number of rotatable bonds is 6. The van der Waals surface area contributed by atoms with Crippen molar-refractivity contribution in [1.29, 1.82) is 0 Å². The van der Waals surface area contributed by atoms with Gasteiger partial charge in [0.25, 0.3) is 5.91 Å². The van der Waals surface area contributed by atoms with Gasteiger partial charge in [0.05, 0.1) is 5.56 Å². The summed E-state index contributed by atoms with van der Waals surface area (Å²) >= 11 is 3.47. The first kappa shape index (κ1) is 14.2. The van der Waals surface area contributed by atoms with Gasteiger partial charge in [0.1, 0.15) is 0 Å². The Hall–Kier alpha value is -1.26. The molecule has 100 valence electrons. The first-order valence-electron chi connectivity index (χ1n) is 6.33. The summed E-state index contributed by atoms with van der Waals surface area (Å²) in [5.41, 5.74) is 0.775. The monoisotopic (exact) mass is 291 g/mol. The minimum atomic E-state index is 0.0242. The van der Waals surface area contributed by atoms with Crippen molar-refractivity contribution < 1.29 is 4.79 Å². The van der Waals surface area contributed by atoms with E-state index in [0.29, 0.717) is 0 Å². The standard InChI is InChI=1S/C15H17NOS2/c1-2-9-16-15(17)13-7-3-4-8-14(13)19-11-12-6-5-10-18-12/h3-8,10H,2,9,11H2,1H3,(H,16,17). The quantitative estimate of drug-likeness (QED) is 0.809. The van der Waals surface area contributed by atoms with Crippen LogP contribution in [0, 0.1) is 0 Å². The summed E-state index contributed by atoms with van der Waals surface area (Å²) in [5, 5.41) is 5.01. The molecule has 0 unspecified atom stereocenters. The second kappa shape index (κ2) is 7.36. The van der Waals surface area contributed by atoms with Crippen LogP contribution < -0.4 is 5.32 Å². The third kappa shape index (κ3) is 4.11. The summed E-state index contributed by atoms with van der Waals surface area (Å²) in [7, 11) is 0. The first-order valence-corrected chi connectivity index (χ1v) is 8.20.